The largest absolute Gasteiger partial charge is 0.346 e. The maximum Gasteiger partial charge on any atom is 0.274 e. The van der Waals surface area contributed by atoms with Crippen molar-refractivity contribution in [2.24, 2.45) is 0 Å². The lowest BCUT2D eigenvalue weighted by Crippen LogP contribution is -2.26. The zero-order valence-electron chi connectivity index (χ0n) is 14.0. The first-order valence-corrected chi connectivity index (χ1v) is 8.40. The molecule has 0 fully saturated rings. The van der Waals surface area contributed by atoms with Crippen molar-refractivity contribution in [1.29, 1.82) is 0 Å². The van der Waals surface area contributed by atoms with E-state index in [4.69, 9.17) is 16.8 Å². The standard InChI is InChI=1S/C20H17ClN2O3/c1-12(13-6-8-18(21)9-7-13)22-19(24)15-4-2-14-3-5-16(20(25)23-26)11-17(14)10-15/h2-12,26H,1H3,(H,22,24)(H,23,25)/t12-/m1/s1. The Hall–Kier alpha value is -2.89. The number of carbonyl (C=O) groups excluding carboxylic acids is 2. The number of hydrogen-bond donors (Lipinski definition) is 3. The summed E-state index contributed by atoms with van der Waals surface area (Å²) in [4.78, 5) is 24.1. The van der Waals surface area contributed by atoms with Crippen molar-refractivity contribution in [2.45, 2.75) is 13.0 Å². The monoisotopic (exact) mass is 368 g/mol. The van der Waals surface area contributed by atoms with Crippen LogP contribution >= 0.6 is 11.6 Å². The first kappa shape index (κ1) is 17.9. The van der Waals surface area contributed by atoms with Gasteiger partial charge in [0, 0.05) is 16.1 Å². The molecule has 3 aromatic rings. The van der Waals surface area contributed by atoms with E-state index in [1.807, 2.05) is 25.1 Å². The molecule has 0 aliphatic rings. The highest BCUT2D eigenvalue weighted by atomic mass is 35.5. The van der Waals surface area contributed by atoms with Crippen LogP contribution in [0.3, 0.4) is 0 Å². The Morgan fingerprint density at radius 3 is 2.04 bits per heavy atom. The summed E-state index contributed by atoms with van der Waals surface area (Å²) in [7, 11) is 0. The lowest BCUT2D eigenvalue weighted by atomic mass is 10.0. The molecule has 3 aromatic carbocycles. The third-order valence-corrected chi connectivity index (χ3v) is 4.44. The van der Waals surface area contributed by atoms with E-state index in [0.717, 1.165) is 16.3 Å². The molecule has 0 unspecified atom stereocenters. The van der Waals surface area contributed by atoms with Gasteiger partial charge in [-0.2, -0.15) is 0 Å². The molecule has 3 N–H and O–H groups in total. The summed E-state index contributed by atoms with van der Waals surface area (Å²) in [6, 6.07) is 17.4. The Morgan fingerprint density at radius 1 is 0.885 bits per heavy atom. The Balaban J connectivity index is 1.83. The normalized spacial score (nSPS) is 11.8. The summed E-state index contributed by atoms with van der Waals surface area (Å²) >= 11 is 5.89. The van der Waals surface area contributed by atoms with Gasteiger partial charge in [0.05, 0.1) is 6.04 Å². The molecular formula is C20H17ClN2O3. The molecule has 1 atom stereocenters. The van der Waals surface area contributed by atoms with Crippen LogP contribution in [0, 0.1) is 0 Å². The fourth-order valence-corrected chi connectivity index (χ4v) is 2.83. The minimum atomic E-state index is -0.599. The summed E-state index contributed by atoms with van der Waals surface area (Å²) in [5.41, 5.74) is 3.35. The number of rotatable bonds is 4. The van der Waals surface area contributed by atoms with Crippen molar-refractivity contribution >= 4 is 34.2 Å². The summed E-state index contributed by atoms with van der Waals surface area (Å²) < 4.78 is 0. The molecule has 3 rings (SSSR count). The molecule has 0 saturated carbocycles. The maximum absolute atomic E-state index is 12.6. The number of halogens is 1. The van der Waals surface area contributed by atoms with Crippen LogP contribution in [0.15, 0.2) is 60.7 Å². The van der Waals surface area contributed by atoms with Gasteiger partial charge in [-0.15, -0.1) is 0 Å². The second kappa shape index (κ2) is 7.56. The van der Waals surface area contributed by atoms with Gasteiger partial charge in [0.1, 0.15) is 0 Å². The van der Waals surface area contributed by atoms with Gasteiger partial charge in [-0.1, -0.05) is 35.9 Å². The minimum absolute atomic E-state index is 0.179. The average Bonchev–Trinajstić information content (AvgIpc) is 2.66. The molecule has 0 aliphatic heterocycles. The zero-order chi connectivity index (χ0) is 18.7. The molecule has 0 heterocycles. The number of amides is 2. The number of hydrogen-bond acceptors (Lipinski definition) is 3. The van der Waals surface area contributed by atoms with Gasteiger partial charge in [0.2, 0.25) is 0 Å². The van der Waals surface area contributed by atoms with E-state index in [2.05, 4.69) is 5.32 Å². The van der Waals surface area contributed by atoms with Crippen LogP contribution in [0.4, 0.5) is 0 Å². The predicted octanol–water partition coefficient (Wildman–Crippen LogP) is 4.10. The van der Waals surface area contributed by atoms with Gasteiger partial charge in [0.25, 0.3) is 11.8 Å². The SMILES string of the molecule is C[C@@H](NC(=O)c1ccc2ccc(C(=O)NO)cc2c1)c1ccc(Cl)cc1. The molecular weight excluding hydrogens is 352 g/mol. The molecule has 0 aromatic heterocycles. The highest BCUT2D eigenvalue weighted by molar-refractivity contribution is 6.30. The van der Waals surface area contributed by atoms with E-state index in [1.165, 1.54) is 0 Å². The third-order valence-electron chi connectivity index (χ3n) is 4.18. The molecule has 0 bridgehead atoms. The number of benzene rings is 3. The summed E-state index contributed by atoms with van der Waals surface area (Å²) in [5, 5.41) is 14.0. The van der Waals surface area contributed by atoms with Crippen LogP contribution < -0.4 is 10.8 Å². The zero-order valence-corrected chi connectivity index (χ0v) is 14.7. The second-order valence-corrected chi connectivity index (χ2v) is 6.40. The van der Waals surface area contributed by atoms with Crippen molar-refractivity contribution in [1.82, 2.24) is 10.8 Å². The molecule has 0 saturated heterocycles. The quantitative estimate of drug-likeness (QED) is 0.479. The fourth-order valence-electron chi connectivity index (χ4n) is 2.71. The molecule has 6 heteroatoms. The number of fused-ring (bicyclic) bond motifs is 1. The van der Waals surface area contributed by atoms with Crippen LogP contribution in [0.5, 0.6) is 0 Å². The first-order valence-electron chi connectivity index (χ1n) is 8.02. The number of carbonyl (C=O) groups is 2. The Bertz CT molecular complexity index is 970. The molecule has 26 heavy (non-hydrogen) atoms. The van der Waals surface area contributed by atoms with Crippen LogP contribution in [0.25, 0.3) is 10.8 Å². The second-order valence-electron chi connectivity index (χ2n) is 5.96. The van der Waals surface area contributed by atoms with Crippen LogP contribution in [0.2, 0.25) is 5.02 Å². The molecule has 5 nitrogen and oxygen atoms in total. The predicted molar refractivity (Wildman–Crippen MR) is 101 cm³/mol. The highest BCUT2D eigenvalue weighted by Crippen LogP contribution is 2.20. The summed E-state index contributed by atoms with van der Waals surface area (Å²) in [6.07, 6.45) is 0. The van der Waals surface area contributed by atoms with Gasteiger partial charge in [-0.3, -0.25) is 14.8 Å². The molecule has 0 spiro atoms. The number of hydroxylamine groups is 1. The van der Waals surface area contributed by atoms with Crippen LogP contribution in [-0.4, -0.2) is 17.0 Å². The van der Waals surface area contributed by atoms with Crippen LogP contribution in [-0.2, 0) is 0 Å². The third kappa shape index (κ3) is 3.85. The number of nitrogens with one attached hydrogen (secondary N) is 2. The molecule has 2 amide bonds. The minimum Gasteiger partial charge on any atom is -0.346 e. The van der Waals surface area contributed by atoms with Crippen molar-refractivity contribution in [3.8, 4) is 0 Å². The average molecular weight is 369 g/mol. The molecule has 132 valence electrons. The smallest absolute Gasteiger partial charge is 0.274 e. The van der Waals surface area contributed by atoms with E-state index in [9.17, 15) is 9.59 Å². The van der Waals surface area contributed by atoms with Gasteiger partial charge in [-0.25, -0.2) is 5.48 Å². The van der Waals surface area contributed by atoms with Crippen molar-refractivity contribution in [2.75, 3.05) is 0 Å². The fraction of sp³-hybridized carbons (Fsp3) is 0.100. The lowest BCUT2D eigenvalue weighted by molar-refractivity contribution is 0.0706. The maximum atomic E-state index is 12.6. The van der Waals surface area contributed by atoms with Crippen molar-refractivity contribution in [3.05, 3.63) is 82.4 Å². The van der Waals surface area contributed by atoms with Crippen molar-refractivity contribution in [3.63, 3.8) is 0 Å². The van der Waals surface area contributed by atoms with E-state index >= 15 is 0 Å². The summed E-state index contributed by atoms with van der Waals surface area (Å²) in [5.74, 6) is -0.815. The van der Waals surface area contributed by atoms with Crippen molar-refractivity contribution < 1.29 is 14.8 Å². The van der Waals surface area contributed by atoms with Gasteiger partial charge >= 0.3 is 0 Å². The van der Waals surface area contributed by atoms with Gasteiger partial charge < -0.3 is 5.32 Å². The Morgan fingerprint density at radius 2 is 1.46 bits per heavy atom. The van der Waals surface area contributed by atoms with E-state index in [1.54, 1.807) is 47.9 Å². The van der Waals surface area contributed by atoms with E-state index in [0.29, 0.717) is 16.1 Å². The molecule has 0 radical (unpaired) electrons. The highest BCUT2D eigenvalue weighted by Gasteiger charge is 2.13. The topological polar surface area (TPSA) is 78.4 Å². The lowest BCUT2D eigenvalue weighted by Gasteiger charge is -2.15. The summed E-state index contributed by atoms with van der Waals surface area (Å²) in [6.45, 7) is 1.89. The first-order chi connectivity index (χ1) is 12.5. The van der Waals surface area contributed by atoms with E-state index < -0.39 is 5.91 Å². The Labute approximate surface area is 155 Å². The molecule has 0 aliphatic carbocycles. The van der Waals surface area contributed by atoms with Gasteiger partial charge in [0.15, 0.2) is 0 Å². The van der Waals surface area contributed by atoms with Crippen LogP contribution in [0.1, 0.15) is 39.2 Å². The Kier molecular flexibility index (Phi) is 5.21. The van der Waals surface area contributed by atoms with Gasteiger partial charge in [-0.05, 0) is 59.7 Å². The van der Waals surface area contributed by atoms with E-state index in [-0.39, 0.29) is 11.9 Å².